The van der Waals surface area contributed by atoms with Gasteiger partial charge in [-0.25, -0.2) is 4.39 Å². The Bertz CT molecular complexity index is 532. The Labute approximate surface area is 135 Å². The van der Waals surface area contributed by atoms with Gasteiger partial charge in [0.2, 0.25) is 11.8 Å². The van der Waals surface area contributed by atoms with Crippen molar-refractivity contribution in [3.63, 3.8) is 0 Å². The van der Waals surface area contributed by atoms with Crippen molar-refractivity contribution in [2.24, 2.45) is 5.92 Å². The number of nitrogens with one attached hydrogen (secondary N) is 2. The zero-order chi connectivity index (χ0) is 16.5. The fraction of sp³-hybridized carbons (Fsp3) is 0.529. The molecule has 1 aliphatic carbocycles. The van der Waals surface area contributed by atoms with Crippen LogP contribution in [0.15, 0.2) is 24.3 Å². The second-order valence-corrected chi connectivity index (χ2v) is 5.65. The van der Waals surface area contributed by atoms with E-state index >= 15 is 0 Å². The number of carbonyl (C=O) groups excluding carboxylic acids is 2. The van der Waals surface area contributed by atoms with Crippen molar-refractivity contribution in [3.05, 3.63) is 30.1 Å². The Balaban J connectivity index is 1.45. The molecule has 1 aliphatic rings. The zero-order valence-corrected chi connectivity index (χ0v) is 13.1. The minimum atomic E-state index is -0.384. The van der Waals surface area contributed by atoms with Crippen LogP contribution in [0.1, 0.15) is 32.1 Å². The van der Waals surface area contributed by atoms with E-state index in [4.69, 9.17) is 4.74 Å². The van der Waals surface area contributed by atoms with E-state index < -0.39 is 0 Å². The van der Waals surface area contributed by atoms with Crippen LogP contribution in [-0.4, -0.2) is 31.5 Å². The first-order valence-electron chi connectivity index (χ1n) is 8.08. The van der Waals surface area contributed by atoms with Crippen LogP contribution in [0.5, 0.6) is 5.75 Å². The molecule has 1 fully saturated rings. The second kappa shape index (κ2) is 9.12. The van der Waals surface area contributed by atoms with Gasteiger partial charge in [-0.05, 0) is 37.8 Å². The smallest absolute Gasteiger partial charge is 0.223 e. The van der Waals surface area contributed by atoms with Crippen molar-refractivity contribution < 1.29 is 18.7 Å². The largest absolute Gasteiger partial charge is 0.490 e. The lowest BCUT2D eigenvalue weighted by Crippen LogP contribution is -2.29. The summed E-state index contributed by atoms with van der Waals surface area (Å²) in [5, 5.41) is 5.61. The summed E-state index contributed by atoms with van der Waals surface area (Å²) in [5.41, 5.74) is 0. The van der Waals surface area contributed by atoms with Crippen molar-refractivity contribution in [1.82, 2.24) is 10.6 Å². The SMILES string of the molecule is O=C(CCCNC(=O)C1CC1)NCCCOc1ccccc1F. The van der Waals surface area contributed by atoms with Gasteiger partial charge < -0.3 is 15.4 Å². The third-order valence-corrected chi connectivity index (χ3v) is 3.57. The van der Waals surface area contributed by atoms with E-state index in [1.807, 2.05) is 0 Å². The van der Waals surface area contributed by atoms with Crippen LogP contribution in [-0.2, 0) is 9.59 Å². The number of hydrogen-bond acceptors (Lipinski definition) is 3. The van der Waals surface area contributed by atoms with Gasteiger partial charge in [0.15, 0.2) is 11.6 Å². The quantitative estimate of drug-likeness (QED) is 0.648. The molecule has 0 unspecified atom stereocenters. The molecule has 1 aromatic carbocycles. The van der Waals surface area contributed by atoms with Crippen molar-refractivity contribution in [2.75, 3.05) is 19.7 Å². The molecule has 1 saturated carbocycles. The number of benzene rings is 1. The summed E-state index contributed by atoms with van der Waals surface area (Å²) in [7, 11) is 0. The van der Waals surface area contributed by atoms with Gasteiger partial charge in [-0.15, -0.1) is 0 Å². The van der Waals surface area contributed by atoms with Gasteiger partial charge in [0.25, 0.3) is 0 Å². The molecule has 5 nitrogen and oxygen atoms in total. The first-order valence-corrected chi connectivity index (χ1v) is 8.08. The van der Waals surface area contributed by atoms with Gasteiger partial charge in [-0.3, -0.25) is 9.59 Å². The minimum absolute atomic E-state index is 0.0448. The Hall–Kier alpha value is -2.11. The van der Waals surface area contributed by atoms with Gasteiger partial charge in [-0.1, -0.05) is 12.1 Å². The van der Waals surface area contributed by atoms with Crippen LogP contribution in [0.2, 0.25) is 0 Å². The highest BCUT2D eigenvalue weighted by Gasteiger charge is 2.28. The number of rotatable bonds is 10. The summed E-state index contributed by atoms with van der Waals surface area (Å²) in [6, 6.07) is 6.24. The van der Waals surface area contributed by atoms with E-state index in [-0.39, 0.29) is 29.3 Å². The fourth-order valence-electron chi connectivity index (χ4n) is 2.08. The maximum absolute atomic E-state index is 13.3. The van der Waals surface area contributed by atoms with E-state index in [9.17, 15) is 14.0 Å². The van der Waals surface area contributed by atoms with E-state index in [0.29, 0.717) is 39.0 Å². The van der Waals surface area contributed by atoms with Crippen molar-refractivity contribution in [2.45, 2.75) is 32.1 Å². The summed E-state index contributed by atoms with van der Waals surface area (Å²) in [6.07, 6.45) is 3.61. The molecule has 0 radical (unpaired) electrons. The first kappa shape index (κ1) is 17.2. The van der Waals surface area contributed by atoms with E-state index in [2.05, 4.69) is 10.6 Å². The molecular weight excluding hydrogens is 299 g/mol. The topological polar surface area (TPSA) is 67.4 Å². The van der Waals surface area contributed by atoms with Crippen molar-refractivity contribution in [3.8, 4) is 5.75 Å². The number of halogens is 1. The molecule has 0 spiro atoms. The van der Waals surface area contributed by atoms with E-state index in [0.717, 1.165) is 12.8 Å². The molecule has 126 valence electrons. The molecule has 2 amide bonds. The molecule has 2 rings (SSSR count). The van der Waals surface area contributed by atoms with Gasteiger partial charge in [0, 0.05) is 25.4 Å². The van der Waals surface area contributed by atoms with Crippen LogP contribution >= 0.6 is 0 Å². The normalized spacial score (nSPS) is 13.4. The molecule has 0 heterocycles. The Morgan fingerprint density at radius 1 is 1.13 bits per heavy atom. The standard InChI is InChI=1S/C17H23FN2O3/c18-14-5-1-2-6-15(14)23-12-4-11-19-16(21)7-3-10-20-17(22)13-8-9-13/h1-2,5-6,13H,3-4,7-12H2,(H,19,21)(H,20,22). The lowest BCUT2D eigenvalue weighted by atomic mass is 10.2. The van der Waals surface area contributed by atoms with Gasteiger partial charge in [0.05, 0.1) is 6.61 Å². The third kappa shape index (κ3) is 6.67. The summed E-state index contributed by atoms with van der Waals surface area (Å²) in [4.78, 5) is 23.0. The molecule has 0 atom stereocenters. The number of hydrogen-bond donors (Lipinski definition) is 2. The van der Waals surface area contributed by atoms with Crippen molar-refractivity contribution in [1.29, 1.82) is 0 Å². The first-order chi connectivity index (χ1) is 11.2. The Kier molecular flexibility index (Phi) is 6.84. The molecule has 1 aromatic rings. The Morgan fingerprint density at radius 3 is 2.61 bits per heavy atom. The maximum Gasteiger partial charge on any atom is 0.223 e. The Morgan fingerprint density at radius 2 is 1.87 bits per heavy atom. The number of amides is 2. The summed E-state index contributed by atoms with van der Waals surface area (Å²) in [5.74, 6) is 0.112. The molecular formula is C17H23FN2O3. The highest BCUT2D eigenvalue weighted by Crippen LogP contribution is 2.28. The number of para-hydroxylation sites is 1. The monoisotopic (exact) mass is 322 g/mol. The van der Waals surface area contributed by atoms with Crippen LogP contribution in [0.3, 0.4) is 0 Å². The molecule has 0 aromatic heterocycles. The highest BCUT2D eigenvalue weighted by molar-refractivity contribution is 5.81. The molecule has 6 heteroatoms. The van der Waals surface area contributed by atoms with Crippen LogP contribution in [0, 0.1) is 11.7 Å². The zero-order valence-electron chi connectivity index (χ0n) is 13.1. The molecule has 0 saturated heterocycles. The molecule has 0 aliphatic heterocycles. The van der Waals surface area contributed by atoms with E-state index in [1.165, 1.54) is 6.07 Å². The lowest BCUT2D eigenvalue weighted by molar-refractivity contribution is -0.123. The average Bonchev–Trinajstić information content (AvgIpc) is 3.37. The molecule has 23 heavy (non-hydrogen) atoms. The van der Waals surface area contributed by atoms with Crippen LogP contribution < -0.4 is 15.4 Å². The summed E-state index contributed by atoms with van der Waals surface area (Å²) < 4.78 is 18.6. The maximum atomic E-state index is 13.3. The number of ether oxygens (including phenoxy) is 1. The predicted molar refractivity (Wildman–Crippen MR) is 84.5 cm³/mol. The van der Waals surface area contributed by atoms with Crippen LogP contribution in [0.4, 0.5) is 4.39 Å². The lowest BCUT2D eigenvalue weighted by Gasteiger charge is -2.08. The fourth-order valence-corrected chi connectivity index (χ4v) is 2.08. The van der Waals surface area contributed by atoms with E-state index in [1.54, 1.807) is 18.2 Å². The molecule has 2 N–H and O–H groups in total. The average molecular weight is 322 g/mol. The predicted octanol–water partition coefficient (Wildman–Crippen LogP) is 2.02. The summed E-state index contributed by atoms with van der Waals surface area (Å²) in [6.45, 7) is 1.37. The minimum Gasteiger partial charge on any atom is -0.490 e. The van der Waals surface area contributed by atoms with Crippen LogP contribution in [0.25, 0.3) is 0 Å². The van der Waals surface area contributed by atoms with Crippen molar-refractivity contribution >= 4 is 11.8 Å². The second-order valence-electron chi connectivity index (χ2n) is 5.65. The van der Waals surface area contributed by atoms with Gasteiger partial charge in [0.1, 0.15) is 0 Å². The number of carbonyl (C=O) groups is 2. The molecule has 0 bridgehead atoms. The summed E-state index contributed by atoms with van der Waals surface area (Å²) >= 11 is 0. The third-order valence-electron chi connectivity index (χ3n) is 3.57. The highest BCUT2D eigenvalue weighted by atomic mass is 19.1. The van der Waals surface area contributed by atoms with Gasteiger partial charge >= 0.3 is 0 Å². The van der Waals surface area contributed by atoms with Gasteiger partial charge in [-0.2, -0.15) is 0 Å².